The highest BCUT2D eigenvalue weighted by atomic mass is 79.9. The van der Waals surface area contributed by atoms with Crippen molar-refractivity contribution in [3.8, 4) is 6.07 Å². The number of Topliss-reactive ketones (excluding diaryl/α,β-unsaturated/α-hetero) is 1. The third kappa shape index (κ3) is 2.17. The number of benzene rings is 1. The number of nitrogens with zero attached hydrogens (tertiary/aromatic N) is 1. The Kier molecular flexibility index (Phi) is 3.40. The Morgan fingerprint density at radius 2 is 2.00 bits per heavy atom. The molecule has 1 aliphatic carbocycles. The Labute approximate surface area is 103 Å². The van der Waals surface area contributed by atoms with Crippen molar-refractivity contribution in [2.75, 3.05) is 0 Å². The van der Waals surface area contributed by atoms with Gasteiger partial charge in [0, 0.05) is 10.4 Å². The molecule has 0 N–H and O–H groups in total. The summed E-state index contributed by atoms with van der Waals surface area (Å²) in [6, 6.07) is 9.54. The van der Waals surface area contributed by atoms with E-state index in [2.05, 4.69) is 22.0 Å². The second-order valence-corrected chi connectivity index (χ2v) is 5.06. The number of ketones is 1. The molecule has 16 heavy (non-hydrogen) atoms. The fraction of sp³-hybridized carbons (Fsp3) is 0.385. The van der Waals surface area contributed by atoms with Gasteiger partial charge in [0.15, 0.2) is 5.78 Å². The van der Waals surface area contributed by atoms with Crippen LogP contribution in [0.15, 0.2) is 28.7 Å². The zero-order chi connectivity index (χ0) is 11.5. The van der Waals surface area contributed by atoms with Crippen LogP contribution in [-0.2, 0) is 4.79 Å². The van der Waals surface area contributed by atoms with Crippen LogP contribution in [0, 0.1) is 17.2 Å². The summed E-state index contributed by atoms with van der Waals surface area (Å²) in [6.07, 6.45) is 3.02. The van der Waals surface area contributed by atoms with Crippen LogP contribution in [0.3, 0.4) is 0 Å². The molecule has 0 heterocycles. The first kappa shape index (κ1) is 11.3. The molecule has 2 rings (SSSR count). The molecule has 1 unspecified atom stereocenters. The van der Waals surface area contributed by atoms with Crippen LogP contribution in [0.25, 0.3) is 0 Å². The highest BCUT2D eigenvalue weighted by Gasteiger charge is 2.31. The van der Waals surface area contributed by atoms with Crippen LogP contribution in [0.5, 0.6) is 0 Å². The van der Waals surface area contributed by atoms with E-state index in [1.54, 1.807) is 0 Å². The van der Waals surface area contributed by atoms with Gasteiger partial charge in [0.2, 0.25) is 0 Å². The van der Waals surface area contributed by atoms with Gasteiger partial charge in [-0.15, -0.1) is 0 Å². The van der Waals surface area contributed by atoms with Gasteiger partial charge in [-0.2, -0.15) is 5.26 Å². The quantitative estimate of drug-likeness (QED) is 0.849. The van der Waals surface area contributed by atoms with Crippen molar-refractivity contribution in [1.29, 1.82) is 5.26 Å². The maximum atomic E-state index is 12.0. The second kappa shape index (κ2) is 4.80. The molecule has 2 nitrogen and oxygen atoms in total. The van der Waals surface area contributed by atoms with Crippen molar-refractivity contribution in [2.24, 2.45) is 5.92 Å². The number of rotatable bonds is 3. The molecular weight excluding hydrogens is 266 g/mol. The monoisotopic (exact) mass is 277 g/mol. The average molecular weight is 278 g/mol. The van der Waals surface area contributed by atoms with Crippen molar-refractivity contribution in [2.45, 2.75) is 25.2 Å². The predicted octanol–water partition coefficient (Wildman–Crippen LogP) is 3.43. The van der Waals surface area contributed by atoms with Crippen LogP contribution in [0.2, 0.25) is 0 Å². The molecule has 0 spiro atoms. The first-order valence-electron chi connectivity index (χ1n) is 5.41. The molecule has 0 radical (unpaired) electrons. The van der Waals surface area contributed by atoms with E-state index in [1.807, 2.05) is 24.3 Å². The summed E-state index contributed by atoms with van der Waals surface area (Å²) in [6.45, 7) is 0. The maximum Gasteiger partial charge on any atom is 0.157 e. The molecule has 1 fully saturated rings. The number of hydrogen-bond donors (Lipinski definition) is 0. The van der Waals surface area contributed by atoms with Crippen molar-refractivity contribution in [3.63, 3.8) is 0 Å². The molecule has 0 bridgehead atoms. The standard InChI is InChI=1S/C13H12BrNO/c14-11-6-4-9(5-7-11)12(8-15)13(16)10-2-1-3-10/h4-7,10,12H,1-3H2. The van der Waals surface area contributed by atoms with E-state index in [4.69, 9.17) is 5.26 Å². The van der Waals surface area contributed by atoms with Crippen LogP contribution in [0.4, 0.5) is 0 Å². The Bertz CT molecular complexity index is 428. The molecule has 0 amide bonds. The zero-order valence-corrected chi connectivity index (χ0v) is 10.4. The van der Waals surface area contributed by atoms with E-state index in [0.29, 0.717) is 0 Å². The van der Waals surface area contributed by atoms with Crippen LogP contribution >= 0.6 is 15.9 Å². The summed E-state index contributed by atoms with van der Waals surface area (Å²) in [5.41, 5.74) is 0.808. The average Bonchev–Trinajstić information content (AvgIpc) is 2.19. The van der Waals surface area contributed by atoms with E-state index in [-0.39, 0.29) is 11.7 Å². The van der Waals surface area contributed by atoms with Gasteiger partial charge in [-0.25, -0.2) is 0 Å². The van der Waals surface area contributed by atoms with Crippen LogP contribution in [0.1, 0.15) is 30.7 Å². The highest BCUT2D eigenvalue weighted by Crippen LogP contribution is 2.32. The van der Waals surface area contributed by atoms with Crippen molar-refractivity contribution >= 4 is 21.7 Å². The Balaban J connectivity index is 2.19. The largest absolute Gasteiger partial charge is 0.298 e. The van der Waals surface area contributed by atoms with Crippen molar-refractivity contribution < 1.29 is 4.79 Å². The van der Waals surface area contributed by atoms with Gasteiger partial charge in [0.05, 0.1) is 6.07 Å². The van der Waals surface area contributed by atoms with Crippen molar-refractivity contribution in [1.82, 2.24) is 0 Å². The van der Waals surface area contributed by atoms with E-state index in [9.17, 15) is 4.79 Å². The smallest absolute Gasteiger partial charge is 0.157 e. The van der Waals surface area contributed by atoms with Gasteiger partial charge in [-0.3, -0.25) is 4.79 Å². The molecule has 0 aliphatic heterocycles. The van der Waals surface area contributed by atoms with E-state index >= 15 is 0 Å². The first-order chi connectivity index (χ1) is 7.72. The molecular formula is C13H12BrNO. The molecule has 1 aromatic carbocycles. The number of nitriles is 1. The van der Waals surface area contributed by atoms with Gasteiger partial charge >= 0.3 is 0 Å². The minimum atomic E-state index is -0.585. The molecule has 1 aromatic rings. The number of carbonyl (C=O) groups is 1. The third-order valence-electron chi connectivity index (χ3n) is 3.12. The lowest BCUT2D eigenvalue weighted by Gasteiger charge is -2.25. The summed E-state index contributed by atoms with van der Waals surface area (Å²) in [4.78, 5) is 12.0. The summed E-state index contributed by atoms with van der Waals surface area (Å²) in [5, 5.41) is 9.11. The Morgan fingerprint density at radius 1 is 1.38 bits per heavy atom. The number of carbonyl (C=O) groups excluding carboxylic acids is 1. The second-order valence-electron chi connectivity index (χ2n) is 4.14. The van der Waals surface area contributed by atoms with Gasteiger partial charge in [0.1, 0.15) is 5.92 Å². The summed E-state index contributed by atoms with van der Waals surface area (Å²) < 4.78 is 0.962. The summed E-state index contributed by atoms with van der Waals surface area (Å²) in [7, 11) is 0. The fourth-order valence-electron chi connectivity index (χ4n) is 1.89. The van der Waals surface area contributed by atoms with E-state index in [0.717, 1.165) is 29.3 Å². The molecule has 3 heteroatoms. The van der Waals surface area contributed by atoms with Crippen molar-refractivity contribution in [3.05, 3.63) is 34.3 Å². The Morgan fingerprint density at radius 3 is 2.44 bits per heavy atom. The zero-order valence-electron chi connectivity index (χ0n) is 8.82. The number of hydrogen-bond acceptors (Lipinski definition) is 2. The lowest BCUT2D eigenvalue weighted by molar-refractivity contribution is -0.125. The van der Waals surface area contributed by atoms with Gasteiger partial charge in [0.25, 0.3) is 0 Å². The molecule has 1 saturated carbocycles. The molecule has 0 aromatic heterocycles. The predicted molar refractivity (Wildman–Crippen MR) is 64.8 cm³/mol. The lowest BCUT2D eigenvalue weighted by Crippen LogP contribution is -2.26. The maximum absolute atomic E-state index is 12.0. The van der Waals surface area contributed by atoms with Gasteiger partial charge < -0.3 is 0 Å². The first-order valence-corrected chi connectivity index (χ1v) is 6.20. The molecule has 1 atom stereocenters. The Hall–Kier alpha value is -1.14. The van der Waals surface area contributed by atoms with Crippen LogP contribution in [-0.4, -0.2) is 5.78 Å². The minimum Gasteiger partial charge on any atom is -0.298 e. The van der Waals surface area contributed by atoms with Gasteiger partial charge in [-0.1, -0.05) is 34.5 Å². The fourth-order valence-corrected chi connectivity index (χ4v) is 2.15. The van der Waals surface area contributed by atoms with E-state index in [1.165, 1.54) is 0 Å². The van der Waals surface area contributed by atoms with E-state index < -0.39 is 5.92 Å². The third-order valence-corrected chi connectivity index (χ3v) is 3.65. The molecule has 1 aliphatic rings. The lowest BCUT2D eigenvalue weighted by atomic mass is 9.76. The van der Waals surface area contributed by atoms with Gasteiger partial charge in [-0.05, 0) is 30.5 Å². The summed E-state index contributed by atoms with van der Waals surface area (Å²) >= 11 is 3.34. The normalized spacial score (nSPS) is 17.2. The van der Waals surface area contributed by atoms with Crippen LogP contribution < -0.4 is 0 Å². The highest BCUT2D eigenvalue weighted by molar-refractivity contribution is 9.10. The molecule has 82 valence electrons. The summed E-state index contributed by atoms with van der Waals surface area (Å²) in [5.74, 6) is -0.372. The SMILES string of the molecule is N#CC(C(=O)C1CCC1)c1ccc(Br)cc1. The number of halogens is 1. The molecule has 0 saturated heterocycles. The minimum absolute atomic E-state index is 0.0936. The topological polar surface area (TPSA) is 40.9 Å².